The molecule has 1 heterocycles. The third-order valence-corrected chi connectivity index (χ3v) is 4.83. The van der Waals surface area contributed by atoms with Crippen LogP contribution in [-0.2, 0) is 14.9 Å². The molecule has 2 aromatic rings. The summed E-state index contributed by atoms with van der Waals surface area (Å²) in [6.07, 6.45) is 2.79. The largest absolute Gasteiger partial charge is 0.286 e. The van der Waals surface area contributed by atoms with E-state index in [9.17, 15) is 8.42 Å². The lowest BCUT2D eigenvalue weighted by molar-refractivity contribution is -0.0623. The van der Waals surface area contributed by atoms with Crippen molar-refractivity contribution in [2.45, 2.75) is 17.9 Å². The van der Waals surface area contributed by atoms with Crippen molar-refractivity contribution in [2.75, 3.05) is 0 Å². The first kappa shape index (κ1) is 13.9. The normalized spacial score (nSPS) is 18.1. The van der Waals surface area contributed by atoms with Crippen molar-refractivity contribution in [2.24, 2.45) is 0 Å². The Kier molecular flexibility index (Phi) is 3.53. The van der Waals surface area contributed by atoms with Crippen LogP contribution in [0, 0.1) is 6.92 Å². The number of sulfonamides is 1. The monoisotopic (exact) mass is 301 g/mol. The van der Waals surface area contributed by atoms with Crippen molar-refractivity contribution in [1.29, 1.82) is 0 Å². The molecule has 0 saturated heterocycles. The van der Waals surface area contributed by atoms with Crippen LogP contribution < -0.4 is 0 Å². The number of hydrogen-bond acceptors (Lipinski definition) is 3. The molecule has 0 spiro atoms. The fraction of sp³-hybridized carbons (Fsp3) is 0.125. The molecule has 1 aliphatic heterocycles. The highest BCUT2D eigenvalue weighted by molar-refractivity contribution is 7.89. The number of hydrogen-bond donors (Lipinski definition) is 0. The topological polar surface area (TPSA) is 46.6 Å². The van der Waals surface area contributed by atoms with Crippen molar-refractivity contribution in [3.63, 3.8) is 0 Å². The Morgan fingerprint density at radius 3 is 2.33 bits per heavy atom. The van der Waals surface area contributed by atoms with Crippen LogP contribution >= 0.6 is 0 Å². The standard InChI is InChI=1S/C16H15NO3S/c1-13-7-9-15(10-8-13)21(18,19)17-12-11-16(20-17)14-5-3-2-4-6-14/h2-12,16H,1H3. The van der Waals surface area contributed by atoms with Gasteiger partial charge >= 0.3 is 0 Å². The van der Waals surface area contributed by atoms with Gasteiger partial charge in [-0.3, -0.25) is 0 Å². The van der Waals surface area contributed by atoms with E-state index in [1.807, 2.05) is 37.3 Å². The molecule has 1 atom stereocenters. The minimum atomic E-state index is -3.67. The van der Waals surface area contributed by atoms with E-state index >= 15 is 0 Å². The summed E-state index contributed by atoms with van der Waals surface area (Å²) in [5.41, 5.74) is 1.92. The second kappa shape index (κ2) is 5.35. The molecule has 0 radical (unpaired) electrons. The minimum absolute atomic E-state index is 0.214. The highest BCUT2D eigenvalue weighted by Crippen LogP contribution is 2.30. The van der Waals surface area contributed by atoms with Crippen molar-refractivity contribution in [1.82, 2.24) is 4.47 Å². The summed E-state index contributed by atoms with van der Waals surface area (Å²) in [7, 11) is -3.67. The summed E-state index contributed by atoms with van der Waals surface area (Å²) in [5, 5.41) is 0. The van der Waals surface area contributed by atoms with Crippen LogP contribution in [-0.4, -0.2) is 12.9 Å². The van der Waals surface area contributed by atoms with Crippen LogP contribution in [0.5, 0.6) is 0 Å². The predicted molar refractivity (Wildman–Crippen MR) is 79.6 cm³/mol. The summed E-state index contributed by atoms with van der Waals surface area (Å²) < 4.78 is 25.9. The summed E-state index contributed by atoms with van der Waals surface area (Å²) in [6, 6.07) is 16.2. The van der Waals surface area contributed by atoms with Crippen molar-refractivity contribution >= 4 is 10.0 Å². The van der Waals surface area contributed by atoms with Gasteiger partial charge in [0.2, 0.25) is 0 Å². The average molecular weight is 301 g/mol. The molecule has 21 heavy (non-hydrogen) atoms. The van der Waals surface area contributed by atoms with E-state index in [2.05, 4.69) is 0 Å². The van der Waals surface area contributed by atoms with Gasteiger partial charge in [-0.05, 0) is 30.7 Å². The Labute approximate surface area is 124 Å². The van der Waals surface area contributed by atoms with Crippen LogP contribution in [0.15, 0.2) is 71.8 Å². The Hall–Kier alpha value is -2.11. The van der Waals surface area contributed by atoms with E-state index in [4.69, 9.17) is 4.84 Å². The second-order valence-corrected chi connectivity index (χ2v) is 6.63. The van der Waals surface area contributed by atoms with Gasteiger partial charge in [0.15, 0.2) is 0 Å². The maximum absolute atomic E-state index is 12.5. The summed E-state index contributed by atoms with van der Waals surface area (Å²) >= 11 is 0. The van der Waals surface area contributed by atoms with Crippen LogP contribution in [0.1, 0.15) is 17.2 Å². The molecule has 108 valence electrons. The van der Waals surface area contributed by atoms with E-state index in [1.54, 1.807) is 30.3 Å². The molecule has 5 heteroatoms. The number of aryl methyl sites for hydroxylation is 1. The Balaban J connectivity index is 1.83. The third kappa shape index (κ3) is 2.70. The Morgan fingerprint density at radius 2 is 1.67 bits per heavy atom. The second-order valence-electron chi connectivity index (χ2n) is 4.85. The third-order valence-electron chi connectivity index (χ3n) is 3.28. The fourth-order valence-corrected chi connectivity index (χ4v) is 3.22. The van der Waals surface area contributed by atoms with Crippen molar-refractivity contribution in [3.05, 3.63) is 78.0 Å². The van der Waals surface area contributed by atoms with Gasteiger partial charge in [0.1, 0.15) is 6.10 Å². The van der Waals surface area contributed by atoms with E-state index in [1.165, 1.54) is 6.20 Å². The van der Waals surface area contributed by atoms with Gasteiger partial charge in [0, 0.05) is 6.20 Å². The molecule has 0 saturated carbocycles. The zero-order chi connectivity index (χ0) is 14.9. The van der Waals surface area contributed by atoms with E-state index in [0.717, 1.165) is 15.6 Å². The molecule has 0 amide bonds. The van der Waals surface area contributed by atoms with Gasteiger partial charge in [-0.25, -0.2) is 4.84 Å². The maximum Gasteiger partial charge on any atom is 0.286 e. The SMILES string of the molecule is Cc1ccc(S(=O)(=O)N2C=CC(c3ccccc3)O2)cc1. The molecule has 0 bridgehead atoms. The predicted octanol–water partition coefficient (Wildman–Crippen LogP) is 3.19. The van der Waals surface area contributed by atoms with Gasteiger partial charge < -0.3 is 0 Å². The highest BCUT2D eigenvalue weighted by atomic mass is 32.2. The Bertz CT molecular complexity index is 752. The molecular formula is C16H15NO3S. The molecule has 0 aromatic heterocycles. The summed E-state index contributed by atoms with van der Waals surface area (Å²) in [6.45, 7) is 1.91. The smallest absolute Gasteiger partial charge is 0.247 e. The van der Waals surface area contributed by atoms with Crippen LogP contribution in [0.25, 0.3) is 0 Å². The number of rotatable bonds is 3. The molecular weight excluding hydrogens is 286 g/mol. The maximum atomic E-state index is 12.5. The molecule has 0 fully saturated rings. The molecule has 2 aromatic carbocycles. The Morgan fingerprint density at radius 1 is 1.00 bits per heavy atom. The van der Waals surface area contributed by atoms with Crippen LogP contribution in [0.2, 0.25) is 0 Å². The lowest BCUT2D eigenvalue weighted by Gasteiger charge is -2.18. The first-order valence-corrected chi connectivity index (χ1v) is 8.02. The molecule has 0 N–H and O–H groups in total. The van der Waals surface area contributed by atoms with E-state index in [0.29, 0.717) is 0 Å². The average Bonchev–Trinajstić information content (AvgIpc) is 2.99. The van der Waals surface area contributed by atoms with Gasteiger partial charge in [-0.15, -0.1) is 4.47 Å². The van der Waals surface area contributed by atoms with Gasteiger partial charge in [0.05, 0.1) is 4.90 Å². The highest BCUT2D eigenvalue weighted by Gasteiger charge is 2.29. The van der Waals surface area contributed by atoms with Gasteiger partial charge in [-0.1, -0.05) is 48.0 Å². The lowest BCUT2D eigenvalue weighted by Crippen LogP contribution is -2.24. The number of nitrogens with zero attached hydrogens (tertiary/aromatic N) is 1. The van der Waals surface area contributed by atoms with Gasteiger partial charge in [0.25, 0.3) is 10.0 Å². The summed E-state index contributed by atoms with van der Waals surface area (Å²) in [4.78, 5) is 5.75. The molecule has 1 unspecified atom stereocenters. The molecule has 4 nitrogen and oxygen atoms in total. The van der Waals surface area contributed by atoms with Crippen molar-refractivity contribution < 1.29 is 13.3 Å². The first-order chi connectivity index (χ1) is 10.1. The first-order valence-electron chi connectivity index (χ1n) is 6.58. The zero-order valence-corrected chi connectivity index (χ0v) is 12.3. The quantitative estimate of drug-likeness (QED) is 0.874. The van der Waals surface area contributed by atoms with E-state index < -0.39 is 10.0 Å². The van der Waals surface area contributed by atoms with Gasteiger partial charge in [-0.2, -0.15) is 8.42 Å². The lowest BCUT2D eigenvalue weighted by atomic mass is 10.1. The van der Waals surface area contributed by atoms with Crippen LogP contribution in [0.4, 0.5) is 0 Å². The molecule has 3 rings (SSSR count). The molecule has 1 aliphatic rings. The number of hydroxylamine groups is 1. The van der Waals surface area contributed by atoms with E-state index in [-0.39, 0.29) is 11.0 Å². The van der Waals surface area contributed by atoms with Crippen LogP contribution in [0.3, 0.4) is 0 Å². The van der Waals surface area contributed by atoms with Crippen molar-refractivity contribution in [3.8, 4) is 0 Å². The zero-order valence-electron chi connectivity index (χ0n) is 11.5. The number of benzene rings is 2. The fourth-order valence-electron chi connectivity index (χ4n) is 2.10. The molecule has 0 aliphatic carbocycles. The summed E-state index contributed by atoms with van der Waals surface area (Å²) in [5.74, 6) is 0. The minimum Gasteiger partial charge on any atom is -0.247 e.